The molecule has 2 N–H and O–H groups in total. The van der Waals surface area contributed by atoms with Gasteiger partial charge in [-0.2, -0.15) is 4.57 Å². The molecule has 1 aromatic heterocycles. The Bertz CT molecular complexity index is 816. The molecule has 0 aliphatic carbocycles. The molecule has 1 atom stereocenters. The number of aromatic nitrogens is 1. The van der Waals surface area contributed by atoms with Crippen LogP contribution in [0, 0.1) is 0 Å². The molecule has 0 fully saturated rings. The summed E-state index contributed by atoms with van der Waals surface area (Å²) in [6, 6.07) is 21.3. The highest BCUT2D eigenvalue weighted by Crippen LogP contribution is 2.23. The number of nitrogens with zero attached hydrogens (tertiary/aromatic N) is 1. The van der Waals surface area contributed by atoms with E-state index < -0.39 is 5.91 Å². The lowest BCUT2D eigenvalue weighted by molar-refractivity contribution is -0.705. The van der Waals surface area contributed by atoms with Crippen LogP contribution in [0.1, 0.15) is 27.5 Å². The zero-order valence-electron chi connectivity index (χ0n) is 12.4. The Morgan fingerprint density at radius 3 is 2.22 bits per heavy atom. The number of hydrogen-bond donors (Lipinski definition) is 1. The topological polar surface area (TPSA) is 47.0 Å². The number of rotatable bonds is 4. The number of primary amides is 1. The molecule has 4 heteroatoms. The Kier molecular flexibility index (Phi) is 4.40. The minimum absolute atomic E-state index is 0.0623. The molecule has 0 aliphatic rings. The van der Waals surface area contributed by atoms with Crippen molar-refractivity contribution in [3.63, 3.8) is 0 Å². The van der Waals surface area contributed by atoms with Crippen LogP contribution in [0.5, 0.6) is 0 Å². The maximum atomic E-state index is 11.5. The molecule has 3 nitrogen and oxygen atoms in total. The fourth-order valence-corrected chi connectivity index (χ4v) is 2.74. The maximum Gasteiger partial charge on any atom is 0.254 e. The van der Waals surface area contributed by atoms with Gasteiger partial charge in [0.15, 0.2) is 12.4 Å². The van der Waals surface area contributed by atoms with Crippen molar-refractivity contribution in [1.82, 2.24) is 0 Å². The standard InChI is InChI=1S/C19H15ClN2O/c20-17-10-8-15(9-11-17)18(14-5-2-1-3-6-14)22-12-4-7-16(13-22)19(21)23/h1-13,18H,(H-,21,23)/p+1/t18-/m1/s1. The van der Waals surface area contributed by atoms with Crippen LogP contribution in [0.3, 0.4) is 0 Å². The lowest BCUT2D eigenvalue weighted by atomic mass is 9.98. The van der Waals surface area contributed by atoms with Gasteiger partial charge in [0.2, 0.25) is 6.04 Å². The Morgan fingerprint density at radius 1 is 0.913 bits per heavy atom. The smallest absolute Gasteiger partial charge is 0.254 e. The van der Waals surface area contributed by atoms with Gasteiger partial charge >= 0.3 is 0 Å². The van der Waals surface area contributed by atoms with Crippen molar-refractivity contribution in [2.24, 2.45) is 5.73 Å². The molecule has 2 aromatic carbocycles. The van der Waals surface area contributed by atoms with Gasteiger partial charge in [-0.3, -0.25) is 4.79 Å². The average Bonchev–Trinajstić information content (AvgIpc) is 2.58. The highest BCUT2D eigenvalue weighted by atomic mass is 35.5. The summed E-state index contributed by atoms with van der Waals surface area (Å²) in [5, 5.41) is 0.691. The van der Waals surface area contributed by atoms with Gasteiger partial charge in [-0.25, -0.2) is 0 Å². The van der Waals surface area contributed by atoms with E-state index in [1.54, 1.807) is 12.3 Å². The Balaban J connectivity index is 2.14. The molecule has 0 radical (unpaired) electrons. The van der Waals surface area contributed by atoms with Gasteiger partial charge in [0.05, 0.1) is 0 Å². The van der Waals surface area contributed by atoms with Crippen molar-refractivity contribution in [3.8, 4) is 0 Å². The summed E-state index contributed by atoms with van der Waals surface area (Å²) in [6.45, 7) is 0. The van der Waals surface area contributed by atoms with Gasteiger partial charge in [0.25, 0.3) is 5.91 Å². The molecule has 0 spiro atoms. The van der Waals surface area contributed by atoms with E-state index in [0.29, 0.717) is 10.6 Å². The first-order chi connectivity index (χ1) is 11.1. The molecule has 114 valence electrons. The van der Waals surface area contributed by atoms with E-state index in [9.17, 15) is 4.79 Å². The van der Waals surface area contributed by atoms with Gasteiger partial charge in [0, 0.05) is 22.2 Å². The summed E-state index contributed by atoms with van der Waals surface area (Å²) >= 11 is 6.01. The number of carbonyl (C=O) groups is 1. The zero-order chi connectivity index (χ0) is 16.2. The highest BCUT2D eigenvalue weighted by Gasteiger charge is 2.24. The van der Waals surface area contributed by atoms with Crippen molar-refractivity contribution in [2.45, 2.75) is 6.04 Å². The lowest BCUT2D eigenvalue weighted by Gasteiger charge is -2.14. The van der Waals surface area contributed by atoms with Gasteiger partial charge < -0.3 is 5.73 Å². The summed E-state index contributed by atoms with van der Waals surface area (Å²) in [6.07, 6.45) is 3.70. The summed E-state index contributed by atoms with van der Waals surface area (Å²) in [4.78, 5) is 11.5. The average molecular weight is 324 g/mol. The van der Waals surface area contributed by atoms with Crippen molar-refractivity contribution >= 4 is 17.5 Å². The van der Waals surface area contributed by atoms with Gasteiger partial charge in [-0.1, -0.05) is 54.1 Å². The maximum absolute atomic E-state index is 11.5. The van der Waals surface area contributed by atoms with Gasteiger partial charge in [-0.15, -0.1) is 0 Å². The Hall–Kier alpha value is -2.65. The quantitative estimate of drug-likeness (QED) is 0.735. The molecule has 0 aliphatic heterocycles. The van der Waals surface area contributed by atoms with Crippen molar-refractivity contribution in [3.05, 3.63) is 101 Å². The fraction of sp³-hybridized carbons (Fsp3) is 0.0526. The van der Waals surface area contributed by atoms with Crippen LogP contribution >= 0.6 is 11.6 Å². The summed E-state index contributed by atoms with van der Waals surface area (Å²) in [7, 11) is 0. The van der Waals surface area contributed by atoms with Crippen molar-refractivity contribution in [1.29, 1.82) is 0 Å². The van der Waals surface area contributed by atoms with Crippen LogP contribution in [0.2, 0.25) is 5.02 Å². The van der Waals surface area contributed by atoms with Crippen LogP contribution in [0.25, 0.3) is 0 Å². The third-order valence-corrected chi connectivity index (χ3v) is 3.96. The minimum atomic E-state index is -0.442. The van der Waals surface area contributed by atoms with Gasteiger partial charge in [0.1, 0.15) is 5.56 Å². The number of nitrogens with two attached hydrogens (primary N) is 1. The van der Waals surface area contributed by atoms with E-state index in [0.717, 1.165) is 11.1 Å². The highest BCUT2D eigenvalue weighted by molar-refractivity contribution is 6.30. The zero-order valence-corrected chi connectivity index (χ0v) is 13.1. The lowest BCUT2D eigenvalue weighted by Crippen LogP contribution is -2.41. The molecular weight excluding hydrogens is 308 g/mol. The number of carbonyl (C=O) groups excluding carboxylic acids is 1. The largest absolute Gasteiger partial charge is 0.365 e. The number of hydrogen-bond acceptors (Lipinski definition) is 1. The summed E-state index contributed by atoms with van der Waals surface area (Å²) in [5.74, 6) is -0.442. The molecular formula is C19H16ClN2O+. The molecule has 0 saturated heterocycles. The van der Waals surface area contributed by atoms with Crippen molar-refractivity contribution in [2.75, 3.05) is 0 Å². The molecule has 1 heterocycles. The second kappa shape index (κ2) is 6.63. The SMILES string of the molecule is NC(=O)c1ccc[n+]([C@H](c2ccccc2)c2ccc(Cl)cc2)c1. The normalized spacial score (nSPS) is 11.9. The first-order valence-electron chi connectivity index (χ1n) is 7.26. The van der Waals surface area contributed by atoms with Crippen LogP contribution in [-0.2, 0) is 0 Å². The summed E-state index contributed by atoms with van der Waals surface area (Å²) < 4.78 is 1.98. The number of pyridine rings is 1. The number of benzene rings is 2. The van der Waals surface area contributed by atoms with Crippen LogP contribution in [0.15, 0.2) is 79.1 Å². The van der Waals surface area contributed by atoms with Crippen LogP contribution in [-0.4, -0.2) is 5.91 Å². The predicted molar refractivity (Wildman–Crippen MR) is 90.3 cm³/mol. The Labute approximate surface area is 140 Å². The second-order valence-corrected chi connectivity index (χ2v) is 5.71. The number of amides is 1. The third kappa shape index (κ3) is 3.41. The van der Waals surface area contributed by atoms with E-state index in [4.69, 9.17) is 17.3 Å². The first-order valence-corrected chi connectivity index (χ1v) is 7.64. The summed E-state index contributed by atoms with van der Waals surface area (Å²) in [5.41, 5.74) is 8.07. The molecule has 3 rings (SSSR count). The predicted octanol–water partition coefficient (Wildman–Crippen LogP) is 3.36. The molecule has 0 saturated carbocycles. The van der Waals surface area contributed by atoms with E-state index in [2.05, 4.69) is 12.1 Å². The molecule has 0 unspecified atom stereocenters. The molecule has 23 heavy (non-hydrogen) atoms. The first kappa shape index (κ1) is 15.3. The minimum Gasteiger partial charge on any atom is -0.365 e. The number of halogens is 1. The van der Waals surface area contributed by atoms with E-state index in [-0.39, 0.29) is 6.04 Å². The molecule has 0 bridgehead atoms. The van der Waals surface area contributed by atoms with Crippen molar-refractivity contribution < 1.29 is 9.36 Å². The van der Waals surface area contributed by atoms with E-state index in [1.165, 1.54) is 0 Å². The monoisotopic (exact) mass is 323 g/mol. The fourth-order valence-electron chi connectivity index (χ4n) is 2.62. The third-order valence-electron chi connectivity index (χ3n) is 3.71. The molecule has 1 amide bonds. The van der Waals surface area contributed by atoms with Crippen LogP contribution in [0.4, 0.5) is 0 Å². The Morgan fingerprint density at radius 2 is 1.57 bits per heavy atom. The van der Waals surface area contributed by atoms with E-state index in [1.807, 2.05) is 59.3 Å². The van der Waals surface area contributed by atoms with Gasteiger partial charge in [-0.05, 0) is 18.2 Å². The van der Waals surface area contributed by atoms with E-state index >= 15 is 0 Å². The molecule has 3 aromatic rings. The van der Waals surface area contributed by atoms with Crippen LogP contribution < -0.4 is 10.3 Å². The second-order valence-electron chi connectivity index (χ2n) is 5.27.